The Balaban J connectivity index is 2.17. The quantitative estimate of drug-likeness (QED) is 0.812. The van der Waals surface area contributed by atoms with Crippen LogP contribution < -0.4 is 5.73 Å². The third-order valence-corrected chi connectivity index (χ3v) is 3.36. The van der Waals surface area contributed by atoms with Gasteiger partial charge >= 0.3 is 5.97 Å². The molecule has 0 unspecified atom stereocenters. The summed E-state index contributed by atoms with van der Waals surface area (Å²) in [5.41, 5.74) is 6.18. The van der Waals surface area contributed by atoms with Crippen molar-refractivity contribution in [3.05, 3.63) is 11.5 Å². The molecular weight excluding hydrogens is 234 g/mol. The van der Waals surface area contributed by atoms with Crippen LogP contribution in [0.2, 0.25) is 0 Å². The first-order chi connectivity index (χ1) is 8.63. The van der Waals surface area contributed by atoms with Crippen molar-refractivity contribution >= 4 is 11.8 Å². The highest BCUT2D eigenvalue weighted by molar-refractivity contribution is 5.92. The monoisotopic (exact) mass is 253 g/mol. The highest BCUT2D eigenvalue weighted by atomic mass is 16.5. The maximum Gasteiger partial charge on any atom is 0.360 e. The Bertz CT molecular complexity index is 436. The van der Waals surface area contributed by atoms with Gasteiger partial charge in [-0.2, -0.15) is 0 Å². The number of rotatable bonds is 3. The zero-order valence-corrected chi connectivity index (χ0v) is 10.8. The molecule has 0 spiro atoms. The first kappa shape index (κ1) is 12.9. The van der Waals surface area contributed by atoms with Gasteiger partial charge in [-0.25, -0.2) is 9.78 Å². The molecule has 2 rings (SSSR count). The van der Waals surface area contributed by atoms with Crippen LogP contribution in [0, 0.1) is 12.8 Å². The molecule has 0 bridgehead atoms. The number of methoxy groups -OCH3 is 1. The van der Waals surface area contributed by atoms with Crippen LogP contribution in [0.25, 0.3) is 0 Å². The smallest absolute Gasteiger partial charge is 0.360 e. The van der Waals surface area contributed by atoms with E-state index in [9.17, 15) is 4.79 Å². The number of carbonyl (C=O) groups is 1. The van der Waals surface area contributed by atoms with Gasteiger partial charge in [-0.3, -0.25) is 0 Å². The number of ether oxygens (including phenoxy) is 2. The summed E-state index contributed by atoms with van der Waals surface area (Å²) in [4.78, 5) is 15.7. The molecule has 0 atom stereocenters. The molecule has 18 heavy (non-hydrogen) atoms. The number of hydrogen-bond donors (Lipinski definition) is 1. The van der Waals surface area contributed by atoms with Crippen LogP contribution in [0.1, 0.15) is 29.2 Å². The Kier molecular flexibility index (Phi) is 3.86. The molecule has 2 N–H and O–H groups in total. The number of aromatic nitrogens is 2. The van der Waals surface area contributed by atoms with Crippen LogP contribution >= 0.6 is 0 Å². The standard InChI is InChI=1S/C12H19N3O3/c1-8-14-10(12(16)17-2)11(13)15(8)7-9-3-5-18-6-4-9/h9H,3-7,13H2,1-2H3. The van der Waals surface area contributed by atoms with Crippen LogP contribution in [0.4, 0.5) is 5.82 Å². The van der Waals surface area contributed by atoms with Crippen LogP contribution in [0.5, 0.6) is 0 Å². The second-order valence-electron chi connectivity index (χ2n) is 4.55. The number of aryl methyl sites for hydroxylation is 1. The molecular formula is C12H19N3O3. The maximum absolute atomic E-state index is 11.5. The number of carbonyl (C=O) groups excluding carboxylic acids is 1. The molecule has 1 aliphatic rings. The number of imidazole rings is 1. The Morgan fingerprint density at radius 1 is 1.56 bits per heavy atom. The molecule has 0 aliphatic carbocycles. The Morgan fingerprint density at radius 2 is 2.22 bits per heavy atom. The topological polar surface area (TPSA) is 79.4 Å². The number of nitrogens with zero attached hydrogens (tertiary/aromatic N) is 2. The summed E-state index contributed by atoms with van der Waals surface area (Å²) in [6.45, 7) is 4.22. The summed E-state index contributed by atoms with van der Waals surface area (Å²) < 4.78 is 11.9. The molecule has 1 aliphatic heterocycles. The molecule has 1 aromatic rings. The molecule has 6 heteroatoms. The van der Waals surface area contributed by atoms with E-state index in [2.05, 4.69) is 9.72 Å². The summed E-state index contributed by atoms with van der Waals surface area (Å²) >= 11 is 0. The van der Waals surface area contributed by atoms with Crippen molar-refractivity contribution in [1.82, 2.24) is 9.55 Å². The lowest BCUT2D eigenvalue weighted by Crippen LogP contribution is -2.21. The molecule has 6 nitrogen and oxygen atoms in total. The van der Waals surface area contributed by atoms with Gasteiger partial charge in [0.05, 0.1) is 7.11 Å². The van der Waals surface area contributed by atoms with Crippen molar-refractivity contribution in [2.45, 2.75) is 26.3 Å². The van der Waals surface area contributed by atoms with Crippen molar-refractivity contribution in [2.24, 2.45) is 5.92 Å². The van der Waals surface area contributed by atoms with E-state index < -0.39 is 5.97 Å². The van der Waals surface area contributed by atoms with Gasteiger partial charge in [-0.15, -0.1) is 0 Å². The van der Waals surface area contributed by atoms with Gasteiger partial charge in [0.1, 0.15) is 11.6 Å². The average Bonchev–Trinajstić information content (AvgIpc) is 2.67. The highest BCUT2D eigenvalue weighted by Gasteiger charge is 2.22. The second kappa shape index (κ2) is 5.39. The van der Waals surface area contributed by atoms with Crippen LogP contribution in [-0.2, 0) is 16.0 Å². The fourth-order valence-electron chi connectivity index (χ4n) is 2.25. The number of anilines is 1. The Hall–Kier alpha value is -1.56. The van der Waals surface area contributed by atoms with E-state index in [0.29, 0.717) is 11.7 Å². The van der Waals surface area contributed by atoms with Crippen LogP contribution in [0.15, 0.2) is 0 Å². The lowest BCUT2D eigenvalue weighted by atomic mass is 10.0. The predicted molar refractivity (Wildman–Crippen MR) is 66.3 cm³/mol. The van der Waals surface area contributed by atoms with Gasteiger partial charge in [0.15, 0.2) is 5.69 Å². The molecule has 0 radical (unpaired) electrons. The maximum atomic E-state index is 11.5. The van der Waals surface area contributed by atoms with E-state index in [-0.39, 0.29) is 5.69 Å². The Morgan fingerprint density at radius 3 is 2.83 bits per heavy atom. The van der Waals surface area contributed by atoms with E-state index in [1.54, 1.807) is 0 Å². The van der Waals surface area contributed by atoms with E-state index in [1.807, 2.05) is 11.5 Å². The van der Waals surface area contributed by atoms with Crippen LogP contribution in [0.3, 0.4) is 0 Å². The van der Waals surface area contributed by atoms with E-state index >= 15 is 0 Å². The van der Waals surface area contributed by atoms with E-state index in [1.165, 1.54) is 7.11 Å². The minimum atomic E-state index is -0.485. The first-order valence-corrected chi connectivity index (χ1v) is 6.12. The largest absolute Gasteiger partial charge is 0.464 e. The third-order valence-electron chi connectivity index (χ3n) is 3.36. The highest BCUT2D eigenvalue weighted by Crippen LogP contribution is 2.22. The lowest BCUT2D eigenvalue weighted by molar-refractivity contribution is 0.0592. The SMILES string of the molecule is COC(=O)c1nc(C)n(CC2CCOCC2)c1N. The number of nitrogen functional groups attached to an aromatic ring is 1. The molecule has 0 saturated carbocycles. The summed E-state index contributed by atoms with van der Waals surface area (Å²) in [7, 11) is 1.33. The molecule has 1 fully saturated rings. The van der Waals surface area contributed by atoms with Crippen molar-refractivity contribution in [3.63, 3.8) is 0 Å². The third kappa shape index (κ3) is 2.48. The van der Waals surface area contributed by atoms with Crippen molar-refractivity contribution < 1.29 is 14.3 Å². The summed E-state index contributed by atoms with van der Waals surface area (Å²) in [5, 5.41) is 0. The van der Waals surface area contributed by atoms with Crippen molar-refractivity contribution in [1.29, 1.82) is 0 Å². The van der Waals surface area contributed by atoms with Gasteiger partial charge in [0, 0.05) is 19.8 Å². The van der Waals surface area contributed by atoms with Gasteiger partial charge in [0.2, 0.25) is 0 Å². The normalized spacial score (nSPS) is 16.8. The zero-order chi connectivity index (χ0) is 13.1. The van der Waals surface area contributed by atoms with E-state index in [0.717, 1.165) is 38.4 Å². The molecule has 1 saturated heterocycles. The van der Waals surface area contributed by atoms with Gasteiger partial charge in [-0.05, 0) is 25.7 Å². The summed E-state index contributed by atoms with van der Waals surface area (Å²) in [5.74, 6) is 1.19. The van der Waals surface area contributed by atoms with Crippen molar-refractivity contribution in [3.8, 4) is 0 Å². The average molecular weight is 253 g/mol. The fraction of sp³-hybridized carbons (Fsp3) is 0.667. The molecule has 2 heterocycles. The summed E-state index contributed by atoms with van der Waals surface area (Å²) in [6.07, 6.45) is 2.04. The number of hydrogen-bond acceptors (Lipinski definition) is 5. The predicted octanol–water partition coefficient (Wildman–Crippen LogP) is 0.987. The number of nitrogens with two attached hydrogens (primary N) is 1. The van der Waals surface area contributed by atoms with E-state index in [4.69, 9.17) is 10.5 Å². The molecule has 0 aromatic carbocycles. The van der Waals surface area contributed by atoms with Gasteiger partial charge in [-0.1, -0.05) is 0 Å². The first-order valence-electron chi connectivity index (χ1n) is 6.12. The van der Waals surface area contributed by atoms with Crippen LogP contribution in [-0.4, -0.2) is 35.8 Å². The lowest BCUT2D eigenvalue weighted by Gasteiger charge is -2.23. The molecule has 100 valence electrons. The zero-order valence-electron chi connectivity index (χ0n) is 10.8. The molecule has 1 aromatic heterocycles. The summed E-state index contributed by atoms with van der Waals surface area (Å²) in [6, 6.07) is 0. The fourth-order valence-corrected chi connectivity index (χ4v) is 2.25. The second-order valence-corrected chi connectivity index (χ2v) is 4.55. The Labute approximate surface area is 106 Å². The number of esters is 1. The van der Waals surface area contributed by atoms with Gasteiger partial charge in [0.25, 0.3) is 0 Å². The van der Waals surface area contributed by atoms with Gasteiger partial charge < -0.3 is 19.8 Å². The minimum absolute atomic E-state index is 0.210. The minimum Gasteiger partial charge on any atom is -0.464 e. The van der Waals surface area contributed by atoms with Crippen molar-refractivity contribution in [2.75, 3.05) is 26.1 Å². The molecule has 0 amide bonds.